The van der Waals surface area contributed by atoms with Crippen molar-refractivity contribution in [3.63, 3.8) is 0 Å². The number of halogens is 1. The summed E-state index contributed by atoms with van der Waals surface area (Å²) in [7, 11) is 0. The summed E-state index contributed by atoms with van der Waals surface area (Å²) >= 11 is 0. The molecule has 0 saturated heterocycles. The highest BCUT2D eigenvalue weighted by Gasteiger charge is 2.17. The molecule has 2 nitrogen and oxygen atoms in total. The van der Waals surface area contributed by atoms with Crippen molar-refractivity contribution in [3.05, 3.63) is 41.2 Å². The molecule has 1 aromatic rings. The van der Waals surface area contributed by atoms with E-state index in [9.17, 15) is 9.18 Å². The third kappa shape index (κ3) is 1.77. The summed E-state index contributed by atoms with van der Waals surface area (Å²) in [6.07, 6.45) is 4.78. The molecule has 0 unspecified atom stereocenters. The smallest absolute Gasteiger partial charge is 0.338 e. The quantitative estimate of drug-likeness (QED) is 0.807. The normalized spacial score (nSPS) is 15.1. The monoisotopic (exact) mass is 206 g/mol. The van der Waals surface area contributed by atoms with Crippen LogP contribution >= 0.6 is 0 Å². The van der Waals surface area contributed by atoms with Gasteiger partial charge in [-0.1, -0.05) is 18.2 Å². The van der Waals surface area contributed by atoms with Crippen LogP contribution in [0.5, 0.6) is 0 Å². The van der Waals surface area contributed by atoms with Crippen molar-refractivity contribution in [2.45, 2.75) is 19.3 Å². The first-order chi connectivity index (χ1) is 7.20. The largest absolute Gasteiger partial charge is 0.478 e. The Kier molecular flexibility index (Phi) is 2.54. The van der Waals surface area contributed by atoms with Gasteiger partial charge in [0.1, 0.15) is 5.82 Å². The lowest BCUT2D eigenvalue weighted by Crippen LogP contribution is -2.02. The second-order valence-corrected chi connectivity index (χ2v) is 3.59. The molecule has 0 heterocycles. The maximum Gasteiger partial charge on any atom is 0.338 e. The molecule has 78 valence electrons. The van der Waals surface area contributed by atoms with E-state index in [1.54, 1.807) is 12.1 Å². The molecular weight excluding hydrogens is 195 g/mol. The van der Waals surface area contributed by atoms with Crippen LogP contribution in [0.3, 0.4) is 0 Å². The lowest BCUT2D eigenvalue weighted by molar-refractivity contribution is 0.0692. The zero-order valence-electron chi connectivity index (χ0n) is 8.16. The maximum atomic E-state index is 13.8. The summed E-state index contributed by atoms with van der Waals surface area (Å²) in [4.78, 5) is 10.7. The van der Waals surface area contributed by atoms with E-state index in [-0.39, 0.29) is 5.56 Å². The van der Waals surface area contributed by atoms with E-state index >= 15 is 0 Å². The van der Waals surface area contributed by atoms with Gasteiger partial charge in [0.2, 0.25) is 0 Å². The van der Waals surface area contributed by atoms with Crippen LogP contribution in [0, 0.1) is 5.82 Å². The summed E-state index contributed by atoms with van der Waals surface area (Å²) < 4.78 is 13.8. The molecule has 1 aliphatic rings. The summed E-state index contributed by atoms with van der Waals surface area (Å²) in [5.74, 6) is -1.83. The molecule has 0 fully saturated rings. The van der Waals surface area contributed by atoms with Crippen LogP contribution in [0.25, 0.3) is 5.57 Å². The first-order valence-electron chi connectivity index (χ1n) is 4.91. The van der Waals surface area contributed by atoms with Crippen molar-refractivity contribution in [2.24, 2.45) is 0 Å². The Bertz CT molecular complexity index is 435. The Morgan fingerprint density at radius 2 is 2.20 bits per heavy atom. The highest BCUT2D eigenvalue weighted by Crippen LogP contribution is 2.30. The molecule has 15 heavy (non-hydrogen) atoms. The van der Waals surface area contributed by atoms with Gasteiger partial charge in [-0.15, -0.1) is 0 Å². The Hall–Kier alpha value is -1.64. The Labute approximate surface area is 87.0 Å². The second kappa shape index (κ2) is 3.85. The third-order valence-corrected chi connectivity index (χ3v) is 2.62. The van der Waals surface area contributed by atoms with Gasteiger partial charge in [-0.3, -0.25) is 0 Å². The van der Waals surface area contributed by atoms with Crippen molar-refractivity contribution in [1.82, 2.24) is 0 Å². The summed E-state index contributed by atoms with van der Waals surface area (Å²) in [6.45, 7) is 0. The Morgan fingerprint density at radius 1 is 1.40 bits per heavy atom. The van der Waals surface area contributed by atoms with Gasteiger partial charge >= 0.3 is 5.97 Å². The summed E-state index contributed by atoms with van der Waals surface area (Å²) in [6, 6.07) is 4.51. The van der Waals surface area contributed by atoms with Gasteiger partial charge in [-0.05, 0) is 30.9 Å². The van der Waals surface area contributed by atoms with E-state index in [0.29, 0.717) is 5.56 Å². The van der Waals surface area contributed by atoms with Gasteiger partial charge in [0.25, 0.3) is 0 Å². The average molecular weight is 206 g/mol. The van der Waals surface area contributed by atoms with Crippen molar-refractivity contribution >= 4 is 11.5 Å². The van der Waals surface area contributed by atoms with Gasteiger partial charge in [0, 0.05) is 5.56 Å². The van der Waals surface area contributed by atoms with Crippen molar-refractivity contribution < 1.29 is 14.3 Å². The summed E-state index contributed by atoms with van der Waals surface area (Å²) in [5.41, 5.74) is 1.11. The minimum absolute atomic E-state index is 0.250. The van der Waals surface area contributed by atoms with E-state index in [1.165, 1.54) is 6.07 Å². The summed E-state index contributed by atoms with van der Waals surface area (Å²) in [5, 5.41) is 8.77. The number of benzene rings is 1. The van der Waals surface area contributed by atoms with Crippen LogP contribution in [0.4, 0.5) is 4.39 Å². The van der Waals surface area contributed by atoms with Crippen LogP contribution in [0.2, 0.25) is 0 Å². The molecule has 0 spiro atoms. The van der Waals surface area contributed by atoms with Crippen LogP contribution in [0.1, 0.15) is 35.2 Å². The van der Waals surface area contributed by atoms with Crippen molar-refractivity contribution in [3.8, 4) is 0 Å². The van der Waals surface area contributed by atoms with E-state index in [0.717, 1.165) is 24.8 Å². The van der Waals surface area contributed by atoms with Gasteiger partial charge < -0.3 is 5.11 Å². The van der Waals surface area contributed by atoms with Gasteiger partial charge in [-0.2, -0.15) is 0 Å². The fourth-order valence-electron chi connectivity index (χ4n) is 1.86. The Balaban J connectivity index is 2.48. The van der Waals surface area contributed by atoms with Crippen molar-refractivity contribution in [2.75, 3.05) is 0 Å². The zero-order valence-corrected chi connectivity index (χ0v) is 8.16. The number of allylic oxidation sites excluding steroid dienone is 2. The molecule has 0 atom stereocenters. The highest BCUT2D eigenvalue weighted by molar-refractivity contribution is 5.89. The molecule has 0 radical (unpaired) electrons. The fourth-order valence-corrected chi connectivity index (χ4v) is 1.86. The molecule has 2 rings (SSSR count). The molecule has 1 aliphatic carbocycles. The number of carboxylic acids is 1. The van der Waals surface area contributed by atoms with E-state index in [4.69, 9.17) is 5.11 Å². The lowest BCUT2D eigenvalue weighted by Gasteiger charge is -2.06. The van der Waals surface area contributed by atoms with E-state index in [1.807, 2.05) is 6.08 Å². The second-order valence-electron chi connectivity index (χ2n) is 3.59. The van der Waals surface area contributed by atoms with Gasteiger partial charge in [0.15, 0.2) is 0 Å². The number of carbonyl (C=O) groups is 1. The zero-order chi connectivity index (χ0) is 10.8. The van der Waals surface area contributed by atoms with Gasteiger partial charge in [-0.25, -0.2) is 9.18 Å². The first-order valence-corrected chi connectivity index (χ1v) is 4.91. The minimum Gasteiger partial charge on any atom is -0.478 e. The number of hydrogen-bond acceptors (Lipinski definition) is 1. The van der Waals surface area contributed by atoms with Crippen LogP contribution in [-0.4, -0.2) is 11.1 Å². The maximum absolute atomic E-state index is 13.8. The first kappa shape index (κ1) is 9.90. The van der Waals surface area contributed by atoms with Crippen LogP contribution < -0.4 is 0 Å². The molecule has 1 aromatic carbocycles. The SMILES string of the molecule is O=C(O)c1cccc(C2=CCCC2)c1F. The standard InChI is InChI=1S/C12H11FO2/c13-11-9(8-4-1-2-5-8)6-3-7-10(11)12(14)15/h3-4,6-7H,1-2,5H2,(H,14,15). The number of hydrogen-bond donors (Lipinski definition) is 1. The molecule has 3 heteroatoms. The topological polar surface area (TPSA) is 37.3 Å². The predicted molar refractivity (Wildman–Crippen MR) is 55.2 cm³/mol. The molecule has 1 N–H and O–H groups in total. The average Bonchev–Trinajstić information content (AvgIpc) is 2.70. The number of carboxylic acid groups (broad SMARTS) is 1. The third-order valence-electron chi connectivity index (χ3n) is 2.62. The minimum atomic E-state index is -1.21. The fraction of sp³-hybridized carbons (Fsp3) is 0.250. The Morgan fingerprint density at radius 3 is 2.80 bits per heavy atom. The molecule has 0 amide bonds. The van der Waals surface area contributed by atoms with Crippen LogP contribution in [-0.2, 0) is 0 Å². The molecule has 0 aromatic heterocycles. The number of aromatic carboxylic acids is 1. The highest BCUT2D eigenvalue weighted by atomic mass is 19.1. The molecule has 0 bridgehead atoms. The van der Waals surface area contributed by atoms with Crippen LogP contribution in [0.15, 0.2) is 24.3 Å². The van der Waals surface area contributed by atoms with E-state index in [2.05, 4.69) is 0 Å². The van der Waals surface area contributed by atoms with Crippen molar-refractivity contribution in [1.29, 1.82) is 0 Å². The van der Waals surface area contributed by atoms with Gasteiger partial charge in [0.05, 0.1) is 5.56 Å². The number of rotatable bonds is 2. The molecule has 0 saturated carbocycles. The van der Waals surface area contributed by atoms with E-state index < -0.39 is 11.8 Å². The molecular formula is C12H11FO2. The lowest BCUT2D eigenvalue weighted by atomic mass is 10.0. The predicted octanol–water partition coefficient (Wildman–Crippen LogP) is 3.09. The molecule has 0 aliphatic heterocycles.